The number of hydrogen-bond donors (Lipinski definition) is 3. The minimum Gasteiger partial charge on any atom is -0.480 e. The summed E-state index contributed by atoms with van der Waals surface area (Å²) in [6.45, 7) is 5.39. The van der Waals surface area contributed by atoms with Crippen LogP contribution in [0.4, 0.5) is 0 Å². The van der Waals surface area contributed by atoms with Crippen LogP contribution in [0.25, 0.3) is 0 Å². The molecule has 0 aromatic heterocycles. The number of hydrogen-bond acceptors (Lipinski definition) is 4. The molecule has 1 unspecified atom stereocenters. The van der Waals surface area contributed by atoms with E-state index in [0.717, 1.165) is 6.26 Å². The fraction of sp³-hybridized carbons (Fsp3) is 0.889. The second-order valence-corrected chi connectivity index (χ2v) is 6.19. The van der Waals surface area contributed by atoms with E-state index in [2.05, 4.69) is 10.0 Å². The van der Waals surface area contributed by atoms with Crippen molar-refractivity contribution in [3.8, 4) is 0 Å². The van der Waals surface area contributed by atoms with Gasteiger partial charge in [0.05, 0.1) is 6.26 Å². The molecular formula is C9H20N2O4S. The maximum atomic E-state index is 11.0. The molecule has 0 aromatic rings. The number of carboxylic acids is 1. The van der Waals surface area contributed by atoms with Gasteiger partial charge in [0, 0.05) is 12.1 Å². The smallest absolute Gasteiger partial charge is 0.320 e. The monoisotopic (exact) mass is 252 g/mol. The first-order valence-electron chi connectivity index (χ1n) is 5.02. The van der Waals surface area contributed by atoms with Crippen molar-refractivity contribution >= 4 is 16.0 Å². The van der Waals surface area contributed by atoms with Gasteiger partial charge >= 0.3 is 5.97 Å². The summed E-state index contributed by atoms with van der Waals surface area (Å²) >= 11 is 0. The number of carboxylic acid groups (broad SMARTS) is 1. The summed E-state index contributed by atoms with van der Waals surface area (Å²) in [7, 11) is -3.29. The van der Waals surface area contributed by atoms with Crippen LogP contribution < -0.4 is 10.0 Å². The number of sulfonamides is 1. The van der Waals surface area contributed by atoms with E-state index in [-0.39, 0.29) is 6.54 Å². The van der Waals surface area contributed by atoms with Crippen LogP contribution in [0.2, 0.25) is 0 Å². The van der Waals surface area contributed by atoms with E-state index in [0.29, 0.717) is 6.42 Å². The molecule has 3 N–H and O–H groups in total. The van der Waals surface area contributed by atoms with Gasteiger partial charge in [-0.05, 0) is 20.3 Å². The highest BCUT2D eigenvalue weighted by Crippen LogP contribution is 2.03. The standard InChI is InChI=1S/C9H20N2O4S/c1-5-7(8(12)13)10-6-9(2,3)11-16(4,14)15/h7,10-11H,5-6H2,1-4H3,(H,12,13). The molecule has 0 saturated heterocycles. The maximum absolute atomic E-state index is 11.0. The lowest BCUT2D eigenvalue weighted by Gasteiger charge is -2.27. The highest BCUT2D eigenvalue weighted by Gasteiger charge is 2.24. The lowest BCUT2D eigenvalue weighted by molar-refractivity contribution is -0.139. The lowest BCUT2D eigenvalue weighted by atomic mass is 10.1. The molecule has 0 fully saturated rings. The zero-order chi connectivity index (χ0) is 13.0. The first-order chi connectivity index (χ1) is 7.07. The van der Waals surface area contributed by atoms with Gasteiger partial charge in [0.25, 0.3) is 0 Å². The van der Waals surface area contributed by atoms with E-state index in [1.54, 1.807) is 20.8 Å². The van der Waals surface area contributed by atoms with E-state index in [1.807, 2.05) is 0 Å². The van der Waals surface area contributed by atoms with Gasteiger partial charge in [-0.2, -0.15) is 0 Å². The third kappa shape index (κ3) is 6.76. The van der Waals surface area contributed by atoms with Crippen LogP contribution in [-0.4, -0.2) is 43.9 Å². The van der Waals surface area contributed by atoms with Crippen LogP contribution in [0.1, 0.15) is 27.2 Å². The largest absolute Gasteiger partial charge is 0.480 e. The third-order valence-electron chi connectivity index (χ3n) is 1.96. The first kappa shape index (κ1) is 15.3. The summed E-state index contributed by atoms with van der Waals surface area (Å²) in [6.07, 6.45) is 1.52. The zero-order valence-electron chi connectivity index (χ0n) is 10.1. The van der Waals surface area contributed by atoms with E-state index >= 15 is 0 Å². The first-order valence-corrected chi connectivity index (χ1v) is 6.91. The second-order valence-electron chi connectivity index (χ2n) is 4.44. The van der Waals surface area contributed by atoms with Crippen LogP contribution in [0.5, 0.6) is 0 Å². The van der Waals surface area contributed by atoms with E-state index in [9.17, 15) is 13.2 Å². The molecule has 0 aromatic carbocycles. The van der Waals surface area contributed by atoms with Gasteiger partial charge in [-0.15, -0.1) is 0 Å². The minimum absolute atomic E-state index is 0.255. The average Bonchev–Trinajstić information content (AvgIpc) is 1.99. The van der Waals surface area contributed by atoms with Crippen molar-refractivity contribution in [1.29, 1.82) is 0 Å². The summed E-state index contributed by atoms with van der Waals surface area (Å²) in [4.78, 5) is 10.7. The van der Waals surface area contributed by atoms with Crippen LogP contribution >= 0.6 is 0 Å². The Morgan fingerprint density at radius 3 is 2.25 bits per heavy atom. The van der Waals surface area contributed by atoms with Crippen LogP contribution in [0.3, 0.4) is 0 Å². The highest BCUT2D eigenvalue weighted by atomic mass is 32.2. The van der Waals surface area contributed by atoms with Gasteiger partial charge in [0.1, 0.15) is 6.04 Å². The predicted octanol–water partition coefficient (Wildman–Crippen LogP) is -0.233. The van der Waals surface area contributed by atoms with Crippen molar-refractivity contribution in [2.24, 2.45) is 0 Å². The Hall–Kier alpha value is -0.660. The van der Waals surface area contributed by atoms with E-state index in [1.165, 1.54) is 0 Å². The molecule has 0 aliphatic heterocycles. The van der Waals surface area contributed by atoms with Crippen molar-refractivity contribution in [3.05, 3.63) is 0 Å². The second kappa shape index (κ2) is 5.60. The lowest BCUT2D eigenvalue weighted by Crippen LogP contribution is -2.53. The molecule has 0 amide bonds. The predicted molar refractivity (Wildman–Crippen MR) is 61.8 cm³/mol. The summed E-state index contributed by atoms with van der Waals surface area (Å²) < 4.78 is 24.5. The third-order valence-corrected chi connectivity index (χ3v) is 2.88. The van der Waals surface area contributed by atoms with Gasteiger partial charge in [-0.1, -0.05) is 6.92 Å². The molecule has 7 heteroatoms. The molecule has 0 rings (SSSR count). The summed E-state index contributed by atoms with van der Waals surface area (Å²) in [6, 6.07) is -0.652. The Morgan fingerprint density at radius 2 is 1.94 bits per heavy atom. The Labute approximate surface area is 96.5 Å². The maximum Gasteiger partial charge on any atom is 0.320 e. The minimum atomic E-state index is -3.29. The molecule has 96 valence electrons. The molecule has 0 heterocycles. The number of carbonyl (C=O) groups is 1. The molecule has 1 atom stereocenters. The molecule has 0 aliphatic carbocycles. The van der Waals surface area contributed by atoms with Crippen molar-refractivity contribution in [2.45, 2.75) is 38.8 Å². The molecule has 16 heavy (non-hydrogen) atoms. The van der Waals surface area contributed by atoms with Crippen molar-refractivity contribution < 1.29 is 18.3 Å². The molecule has 0 radical (unpaired) electrons. The SMILES string of the molecule is CCC(NCC(C)(C)NS(C)(=O)=O)C(=O)O. The van der Waals surface area contributed by atoms with Crippen molar-refractivity contribution in [2.75, 3.05) is 12.8 Å². The Morgan fingerprint density at radius 1 is 1.44 bits per heavy atom. The zero-order valence-corrected chi connectivity index (χ0v) is 10.9. The molecular weight excluding hydrogens is 232 g/mol. The Kier molecular flexibility index (Phi) is 5.37. The van der Waals surface area contributed by atoms with Gasteiger partial charge in [0.15, 0.2) is 0 Å². The van der Waals surface area contributed by atoms with Crippen LogP contribution in [-0.2, 0) is 14.8 Å². The quantitative estimate of drug-likeness (QED) is 0.581. The fourth-order valence-corrected chi connectivity index (χ4v) is 2.40. The molecule has 6 nitrogen and oxygen atoms in total. The summed E-state index contributed by atoms with van der Waals surface area (Å²) in [5, 5.41) is 11.6. The average molecular weight is 252 g/mol. The number of nitrogens with one attached hydrogen (secondary N) is 2. The highest BCUT2D eigenvalue weighted by molar-refractivity contribution is 7.88. The van der Waals surface area contributed by atoms with E-state index in [4.69, 9.17) is 5.11 Å². The van der Waals surface area contributed by atoms with Crippen molar-refractivity contribution in [3.63, 3.8) is 0 Å². The Bertz CT molecular complexity index is 337. The topological polar surface area (TPSA) is 95.5 Å². The van der Waals surface area contributed by atoms with Gasteiger partial charge in [-0.3, -0.25) is 4.79 Å². The molecule has 0 saturated carbocycles. The van der Waals surface area contributed by atoms with Gasteiger partial charge in [-0.25, -0.2) is 13.1 Å². The van der Waals surface area contributed by atoms with Gasteiger partial charge < -0.3 is 10.4 Å². The molecule has 0 spiro atoms. The molecule has 0 bridgehead atoms. The summed E-state index contributed by atoms with van der Waals surface area (Å²) in [5.74, 6) is -0.933. The summed E-state index contributed by atoms with van der Waals surface area (Å²) in [5.41, 5.74) is -0.712. The van der Waals surface area contributed by atoms with Crippen molar-refractivity contribution in [1.82, 2.24) is 10.0 Å². The van der Waals surface area contributed by atoms with Crippen LogP contribution in [0, 0.1) is 0 Å². The van der Waals surface area contributed by atoms with E-state index < -0.39 is 27.6 Å². The number of aliphatic carboxylic acids is 1. The normalized spacial score (nSPS) is 14.8. The fourth-order valence-electron chi connectivity index (χ4n) is 1.32. The number of rotatable bonds is 7. The van der Waals surface area contributed by atoms with Gasteiger partial charge in [0.2, 0.25) is 10.0 Å². The van der Waals surface area contributed by atoms with Crippen LogP contribution in [0.15, 0.2) is 0 Å². The molecule has 0 aliphatic rings. The Balaban J connectivity index is 4.33.